The molecule has 3 heteroatoms. The van der Waals surface area contributed by atoms with Crippen molar-refractivity contribution >= 4 is 70.6 Å². The molecule has 8 rings (SSSR count). The minimum atomic E-state index is 0.629. The van der Waals surface area contributed by atoms with Gasteiger partial charge in [0.15, 0.2) is 5.82 Å². The highest BCUT2D eigenvalue weighted by Gasteiger charge is 2.23. The molecule has 0 aliphatic carbocycles. The van der Waals surface area contributed by atoms with Crippen molar-refractivity contribution in [2.45, 2.75) is 0 Å². The Morgan fingerprint density at radius 2 is 1.31 bits per heavy atom. The van der Waals surface area contributed by atoms with E-state index in [4.69, 9.17) is 9.97 Å². The third kappa shape index (κ3) is 2.93. The van der Waals surface area contributed by atoms with Crippen molar-refractivity contribution in [3.63, 3.8) is 0 Å². The van der Waals surface area contributed by atoms with Gasteiger partial charge in [-0.15, -0.1) is 0 Å². The minimum Gasteiger partial charge on any atom is -0.293 e. The fourth-order valence-electron chi connectivity index (χ4n) is 6.27. The van der Waals surface area contributed by atoms with Crippen molar-refractivity contribution in [1.82, 2.24) is 14.5 Å². The molecule has 6 aromatic carbocycles. The van der Waals surface area contributed by atoms with E-state index in [0.717, 1.165) is 33.3 Å². The fraction of sp³-hybridized carbons (Fsp3) is 0. The van der Waals surface area contributed by atoms with Gasteiger partial charge in [0.1, 0.15) is 5.82 Å². The fourth-order valence-corrected chi connectivity index (χ4v) is 6.27. The summed E-state index contributed by atoms with van der Waals surface area (Å²) in [7, 11) is 0. The highest BCUT2D eigenvalue weighted by molar-refractivity contribution is 6.39. The standard InChI is InChI=1S/C36H23N3/c1-3-12-22(4-2)35-37-29-19-10-9-17-28(29)36(38-35)39-30-20-11-18-27-25-15-7-8-16-26(25)32-24-14-6-5-13-23(24)21-31(39)34(32)33(27)30/h3-21H,1-2H2/b22-12+. The molecule has 0 amide bonds. The zero-order valence-electron chi connectivity index (χ0n) is 21.2. The van der Waals surface area contributed by atoms with E-state index in [9.17, 15) is 0 Å². The number of aromatic nitrogens is 3. The maximum atomic E-state index is 5.21. The maximum Gasteiger partial charge on any atom is 0.162 e. The van der Waals surface area contributed by atoms with Crippen LogP contribution in [0.4, 0.5) is 0 Å². The average molecular weight is 498 g/mol. The minimum absolute atomic E-state index is 0.629. The number of benzene rings is 6. The first-order valence-electron chi connectivity index (χ1n) is 13.1. The van der Waals surface area contributed by atoms with Crippen LogP contribution in [0, 0.1) is 0 Å². The summed E-state index contributed by atoms with van der Waals surface area (Å²) < 4.78 is 2.33. The van der Waals surface area contributed by atoms with Crippen molar-refractivity contribution in [3.05, 3.63) is 134 Å². The van der Waals surface area contributed by atoms with Gasteiger partial charge in [0, 0.05) is 27.1 Å². The molecule has 0 aliphatic rings. The maximum absolute atomic E-state index is 5.21. The molecular formula is C36H23N3. The summed E-state index contributed by atoms with van der Waals surface area (Å²) in [6.45, 7) is 7.89. The number of fused-ring (bicyclic) bond motifs is 6. The van der Waals surface area contributed by atoms with Crippen LogP contribution >= 0.6 is 0 Å². The Labute approximate surface area is 225 Å². The van der Waals surface area contributed by atoms with Crippen LogP contribution in [0.1, 0.15) is 5.82 Å². The molecule has 3 nitrogen and oxygen atoms in total. The second-order valence-electron chi connectivity index (χ2n) is 9.90. The van der Waals surface area contributed by atoms with Gasteiger partial charge in [-0.2, -0.15) is 0 Å². The molecule has 0 bridgehead atoms. The molecule has 0 unspecified atom stereocenters. The highest BCUT2D eigenvalue weighted by atomic mass is 15.1. The molecule has 0 saturated carbocycles. The van der Waals surface area contributed by atoms with E-state index in [-0.39, 0.29) is 0 Å². The third-order valence-corrected chi connectivity index (χ3v) is 7.86. The molecular weight excluding hydrogens is 474 g/mol. The van der Waals surface area contributed by atoms with E-state index in [0.29, 0.717) is 5.82 Å². The molecule has 0 spiro atoms. The van der Waals surface area contributed by atoms with Gasteiger partial charge in [0.2, 0.25) is 0 Å². The van der Waals surface area contributed by atoms with E-state index >= 15 is 0 Å². The van der Waals surface area contributed by atoms with E-state index in [1.54, 1.807) is 12.2 Å². The summed E-state index contributed by atoms with van der Waals surface area (Å²) in [6.07, 6.45) is 5.44. The number of hydrogen-bond donors (Lipinski definition) is 0. The monoisotopic (exact) mass is 497 g/mol. The lowest BCUT2D eigenvalue weighted by atomic mass is 9.91. The number of rotatable bonds is 4. The second-order valence-corrected chi connectivity index (χ2v) is 9.90. The quantitative estimate of drug-likeness (QED) is 0.179. The largest absolute Gasteiger partial charge is 0.293 e. The van der Waals surface area contributed by atoms with E-state index in [1.165, 1.54) is 43.1 Å². The van der Waals surface area contributed by atoms with Gasteiger partial charge >= 0.3 is 0 Å². The van der Waals surface area contributed by atoms with Gasteiger partial charge < -0.3 is 0 Å². The van der Waals surface area contributed by atoms with Crippen molar-refractivity contribution in [2.75, 3.05) is 0 Å². The molecule has 8 aromatic rings. The molecule has 0 fully saturated rings. The normalized spacial score (nSPS) is 12.5. The first-order chi connectivity index (χ1) is 19.3. The number of para-hydroxylation sites is 1. The van der Waals surface area contributed by atoms with Crippen LogP contribution in [0.15, 0.2) is 128 Å². The van der Waals surface area contributed by atoms with Crippen LogP contribution in [-0.4, -0.2) is 14.5 Å². The molecule has 39 heavy (non-hydrogen) atoms. The number of allylic oxidation sites excluding steroid dienone is 4. The van der Waals surface area contributed by atoms with Gasteiger partial charge in [-0.05, 0) is 51.2 Å². The molecule has 182 valence electrons. The SMILES string of the molecule is C=C/C=C(\C=C)c1nc(-n2c3cccc4c5ccccc5c5c6ccccc6cc2c5c43)c2ccccc2n1. The number of nitrogens with zero attached hydrogens (tertiary/aromatic N) is 3. The Bertz CT molecular complexity index is 2310. The van der Waals surface area contributed by atoms with Crippen molar-refractivity contribution < 1.29 is 0 Å². The lowest BCUT2D eigenvalue weighted by Crippen LogP contribution is -2.04. The zero-order valence-corrected chi connectivity index (χ0v) is 21.2. The van der Waals surface area contributed by atoms with Gasteiger partial charge in [-0.1, -0.05) is 104 Å². The topological polar surface area (TPSA) is 30.7 Å². The smallest absolute Gasteiger partial charge is 0.162 e. The van der Waals surface area contributed by atoms with Gasteiger partial charge in [-0.25, -0.2) is 9.97 Å². The first-order valence-corrected chi connectivity index (χ1v) is 13.1. The van der Waals surface area contributed by atoms with Crippen LogP contribution < -0.4 is 0 Å². The van der Waals surface area contributed by atoms with E-state index < -0.39 is 0 Å². The summed E-state index contributed by atoms with van der Waals surface area (Å²) >= 11 is 0. The predicted octanol–water partition coefficient (Wildman–Crippen LogP) is 9.38. The molecule has 2 aromatic heterocycles. The first kappa shape index (κ1) is 21.8. The molecule has 0 aliphatic heterocycles. The van der Waals surface area contributed by atoms with Gasteiger partial charge in [0.25, 0.3) is 0 Å². The van der Waals surface area contributed by atoms with Crippen molar-refractivity contribution in [3.8, 4) is 5.82 Å². The van der Waals surface area contributed by atoms with E-state index in [2.05, 4.69) is 103 Å². The Balaban J connectivity index is 1.66. The lowest BCUT2D eigenvalue weighted by molar-refractivity contribution is 1.05. The molecule has 0 N–H and O–H groups in total. The van der Waals surface area contributed by atoms with Gasteiger partial charge in [-0.3, -0.25) is 4.57 Å². The zero-order chi connectivity index (χ0) is 26.1. The highest BCUT2D eigenvalue weighted by Crippen LogP contribution is 2.46. The molecule has 0 radical (unpaired) electrons. The van der Waals surface area contributed by atoms with Crippen molar-refractivity contribution in [2.24, 2.45) is 0 Å². The van der Waals surface area contributed by atoms with Gasteiger partial charge in [0.05, 0.1) is 16.6 Å². The molecule has 0 atom stereocenters. The van der Waals surface area contributed by atoms with Crippen LogP contribution in [0.2, 0.25) is 0 Å². The summed E-state index contributed by atoms with van der Waals surface area (Å²) in [4.78, 5) is 10.1. The van der Waals surface area contributed by atoms with Crippen LogP contribution in [0.5, 0.6) is 0 Å². The Kier molecular flexibility index (Phi) is 4.53. The van der Waals surface area contributed by atoms with Crippen molar-refractivity contribution in [1.29, 1.82) is 0 Å². The van der Waals surface area contributed by atoms with E-state index in [1.807, 2.05) is 18.2 Å². The Morgan fingerprint density at radius 1 is 0.615 bits per heavy atom. The summed E-state index contributed by atoms with van der Waals surface area (Å²) in [6, 6.07) is 34.6. The summed E-state index contributed by atoms with van der Waals surface area (Å²) in [5.74, 6) is 1.49. The summed E-state index contributed by atoms with van der Waals surface area (Å²) in [5.41, 5.74) is 4.00. The Morgan fingerprint density at radius 3 is 2.13 bits per heavy atom. The van der Waals surface area contributed by atoms with Crippen LogP contribution in [0.3, 0.4) is 0 Å². The molecule has 0 saturated heterocycles. The molecule has 2 heterocycles. The average Bonchev–Trinajstić information content (AvgIpc) is 3.32. The number of hydrogen-bond acceptors (Lipinski definition) is 2. The predicted molar refractivity (Wildman–Crippen MR) is 166 cm³/mol. The summed E-state index contributed by atoms with van der Waals surface area (Å²) in [5, 5.41) is 11.1. The van der Waals surface area contributed by atoms with Crippen LogP contribution in [0.25, 0.3) is 76.4 Å². The lowest BCUT2D eigenvalue weighted by Gasteiger charge is -2.13. The third-order valence-electron chi connectivity index (χ3n) is 7.86. The second kappa shape index (κ2) is 8.11. The van der Waals surface area contributed by atoms with Crippen LogP contribution in [-0.2, 0) is 0 Å². The Hall–Kier alpha value is -5.28.